The van der Waals surface area contributed by atoms with Crippen molar-refractivity contribution in [1.29, 1.82) is 0 Å². The van der Waals surface area contributed by atoms with Crippen molar-refractivity contribution in [3.8, 4) is 5.75 Å². The lowest BCUT2D eigenvalue weighted by Crippen LogP contribution is -2.56. The molecule has 11 heteroatoms. The number of carbonyl (C=O) groups excluding carboxylic acids is 1. The number of ether oxygens (including phenoxy) is 8. The van der Waals surface area contributed by atoms with E-state index in [1.165, 1.54) is 7.11 Å². The van der Waals surface area contributed by atoms with E-state index < -0.39 is 48.2 Å². The Kier molecular flexibility index (Phi) is 9.31. The predicted octanol–water partition coefficient (Wildman–Crippen LogP) is 4.47. The van der Waals surface area contributed by atoms with Crippen molar-refractivity contribution in [2.75, 3.05) is 27.6 Å². The van der Waals surface area contributed by atoms with Crippen LogP contribution in [-0.2, 0) is 49.5 Å². The summed E-state index contributed by atoms with van der Waals surface area (Å²) in [5, 5.41) is 0. The summed E-state index contributed by atoms with van der Waals surface area (Å²) < 4.78 is 46.5. The van der Waals surface area contributed by atoms with Crippen LogP contribution in [-0.4, -0.2) is 75.9 Å². The largest absolute Gasteiger partial charge is 0.467 e. The third-order valence-corrected chi connectivity index (χ3v) is 6.99. The van der Waals surface area contributed by atoms with E-state index in [4.69, 9.17) is 47.7 Å². The van der Waals surface area contributed by atoms with Gasteiger partial charge in [-0.2, -0.15) is 0 Å². The molecular formula is C31H38O11. The van der Waals surface area contributed by atoms with Crippen LogP contribution in [0.3, 0.4) is 0 Å². The van der Waals surface area contributed by atoms with E-state index in [1.54, 1.807) is 19.2 Å². The van der Waals surface area contributed by atoms with Gasteiger partial charge < -0.3 is 37.9 Å². The van der Waals surface area contributed by atoms with Gasteiger partial charge in [0.1, 0.15) is 43.4 Å². The van der Waals surface area contributed by atoms with Crippen LogP contribution in [0.15, 0.2) is 42.5 Å². The Hall–Kier alpha value is -2.87. The third kappa shape index (κ3) is 7.19. The number of carbonyl (C=O) groups is 1. The summed E-state index contributed by atoms with van der Waals surface area (Å²) >= 11 is 0. The molecule has 2 aromatic carbocycles. The fourth-order valence-corrected chi connectivity index (χ4v) is 5.19. The quantitative estimate of drug-likeness (QED) is 0.122. The average molecular weight is 587 g/mol. The van der Waals surface area contributed by atoms with Gasteiger partial charge in [0.25, 0.3) is 0 Å². The number of rotatable bonds is 11. The predicted molar refractivity (Wildman–Crippen MR) is 149 cm³/mol. The molecular weight excluding hydrogens is 548 g/mol. The normalized spacial score (nSPS) is 27.5. The van der Waals surface area contributed by atoms with Gasteiger partial charge in [0, 0.05) is 12.7 Å². The van der Waals surface area contributed by atoms with Gasteiger partial charge in [-0.3, -0.25) is 0 Å². The molecule has 0 aliphatic carbocycles. The highest BCUT2D eigenvalue weighted by Gasteiger charge is 2.60. The number of esters is 1. The number of benzene rings is 2. The molecule has 0 radical (unpaired) electrons. The van der Waals surface area contributed by atoms with Crippen LogP contribution in [0, 0.1) is 0 Å². The van der Waals surface area contributed by atoms with E-state index in [9.17, 15) is 4.79 Å². The molecule has 3 fully saturated rings. The Balaban J connectivity index is 1.19. The lowest BCUT2D eigenvalue weighted by molar-refractivity contribution is -0.282. The SMILES string of the molecule is COCOc1ccc(/C=C/c2ccc(C(=O)OCC3OC4OC(C)(C)OC4C4OC(C)(C)OC34)cc2)cc1COOC. The van der Waals surface area contributed by atoms with Crippen LogP contribution < -0.4 is 4.74 Å². The molecule has 11 nitrogen and oxygen atoms in total. The highest BCUT2D eigenvalue weighted by molar-refractivity contribution is 5.89. The number of fused-ring (bicyclic) bond motifs is 3. The second-order valence-electron chi connectivity index (χ2n) is 11.1. The van der Waals surface area contributed by atoms with Crippen LogP contribution in [0.5, 0.6) is 5.75 Å². The van der Waals surface area contributed by atoms with E-state index in [2.05, 4.69) is 0 Å². The zero-order valence-electron chi connectivity index (χ0n) is 24.7. The summed E-state index contributed by atoms with van der Waals surface area (Å²) in [5.74, 6) is -1.47. The van der Waals surface area contributed by atoms with Gasteiger partial charge in [0.05, 0.1) is 12.7 Å². The van der Waals surface area contributed by atoms with E-state index >= 15 is 0 Å². The van der Waals surface area contributed by atoms with Crippen LogP contribution in [0.1, 0.15) is 54.7 Å². The first-order chi connectivity index (χ1) is 20.1. The second-order valence-corrected chi connectivity index (χ2v) is 11.1. The maximum absolute atomic E-state index is 12.9. The fourth-order valence-electron chi connectivity index (χ4n) is 5.19. The van der Waals surface area contributed by atoms with Crippen LogP contribution in [0.2, 0.25) is 0 Å². The van der Waals surface area contributed by atoms with Gasteiger partial charge in [-0.1, -0.05) is 30.4 Å². The molecule has 0 bridgehead atoms. The number of methoxy groups -OCH3 is 1. The molecule has 3 aliphatic heterocycles. The summed E-state index contributed by atoms with van der Waals surface area (Å²) in [7, 11) is 3.01. The minimum absolute atomic E-state index is 0.0205. The maximum atomic E-state index is 12.9. The molecule has 5 rings (SSSR count). The summed E-state index contributed by atoms with van der Waals surface area (Å²) in [6.07, 6.45) is 1.35. The first kappa shape index (κ1) is 30.6. The first-order valence-corrected chi connectivity index (χ1v) is 13.8. The Bertz CT molecular complexity index is 1260. The topological polar surface area (TPSA) is 109 Å². The van der Waals surface area contributed by atoms with E-state index in [0.717, 1.165) is 16.7 Å². The van der Waals surface area contributed by atoms with Crippen molar-refractivity contribution in [3.63, 3.8) is 0 Å². The monoisotopic (exact) mass is 586 g/mol. The van der Waals surface area contributed by atoms with Crippen molar-refractivity contribution in [2.45, 2.75) is 76.6 Å². The van der Waals surface area contributed by atoms with Crippen molar-refractivity contribution in [3.05, 3.63) is 64.7 Å². The zero-order chi connectivity index (χ0) is 29.9. The molecule has 5 unspecified atom stereocenters. The molecule has 0 amide bonds. The highest BCUT2D eigenvalue weighted by atomic mass is 17.2. The van der Waals surface area contributed by atoms with Gasteiger partial charge in [0.2, 0.25) is 0 Å². The molecule has 0 spiro atoms. The van der Waals surface area contributed by atoms with E-state index in [0.29, 0.717) is 11.3 Å². The van der Waals surface area contributed by atoms with E-state index in [1.807, 2.05) is 70.2 Å². The van der Waals surface area contributed by atoms with Crippen molar-refractivity contribution >= 4 is 18.1 Å². The van der Waals surface area contributed by atoms with Crippen molar-refractivity contribution < 1.29 is 52.5 Å². The lowest BCUT2D eigenvalue weighted by atomic mass is 9.99. The Morgan fingerprint density at radius 2 is 1.52 bits per heavy atom. The standard InChI is InChI=1S/C31H38O11/c1-30(2)39-25-24(38-29-27(26(25)40-30)41-31(3,4)42-29)17-35-28(32)21-12-9-19(10-13-21)7-8-20-11-14-23(36-18-33-5)22(15-20)16-37-34-6/h7-15,24-27,29H,16-18H2,1-6H3/b8-7+. The first-order valence-electron chi connectivity index (χ1n) is 13.8. The summed E-state index contributed by atoms with van der Waals surface area (Å²) in [6.45, 7) is 7.64. The molecule has 2 aromatic rings. The second kappa shape index (κ2) is 12.8. The average Bonchev–Trinajstić information content (AvgIpc) is 3.46. The van der Waals surface area contributed by atoms with Gasteiger partial charge in [-0.25, -0.2) is 14.6 Å². The summed E-state index contributed by atoms with van der Waals surface area (Å²) in [6, 6.07) is 12.8. The van der Waals surface area contributed by atoms with E-state index in [-0.39, 0.29) is 20.0 Å². The number of hydrogen-bond acceptors (Lipinski definition) is 11. The molecule has 0 N–H and O–H groups in total. The molecule has 3 aliphatic rings. The van der Waals surface area contributed by atoms with Crippen LogP contribution in [0.25, 0.3) is 12.2 Å². The Morgan fingerprint density at radius 1 is 0.857 bits per heavy atom. The molecule has 0 saturated carbocycles. The lowest BCUT2D eigenvalue weighted by Gasteiger charge is -2.36. The van der Waals surface area contributed by atoms with Gasteiger partial charge in [0.15, 0.2) is 24.7 Å². The van der Waals surface area contributed by atoms with Gasteiger partial charge in [-0.15, -0.1) is 0 Å². The van der Waals surface area contributed by atoms with Gasteiger partial charge >= 0.3 is 5.97 Å². The van der Waals surface area contributed by atoms with Crippen LogP contribution >= 0.6 is 0 Å². The minimum Gasteiger partial charge on any atom is -0.467 e. The van der Waals surface area contributed by atoms with Crippen molar-refractivity contribution in [1.82, 2.24) is 0 Å². The molecule has 3 saturated heterocycles. The van der Waals surface area contributed by atoms with Gasteiger partial charge in [-0.05, 0) is 63.1 Å². The Morgan fingerprint density at radius 3 is 2.26 bits per heavy atom. The maximum Gasteiger partial charge on any atom is 0.338 e. The Labute approximate surface area is 245 Å². The molecule has 0 aromatic heterocycles. The van der Waals surface area contributed by atoms with Crippen LogP contribution in [0.4, 0.5) is 0 Å². The van der Waals surface area contributed by atoms with Crippen molar-refractivity contribution in [2.24, 2.45) is 0 Å². The number of hydrogen-bond donors (Lipinski definition) is 0. The summed E-state index contributed by atoms with van der Waals surface area (Å²) in [4.78, 5) is 22.7. The fraction of sp³-hybridized carbons (Fsp3) is 0.516. The smallest absolute Gasteiger partial charge is 0.338 e. The highest BCUT2D eigenvalue weighted by Crippen LogP contribution is 2.44. The molecule has 228 valence electrons. The minimum atomic E-state index is -0.825. The summed E-state index contributed by atoms with van der Waals surface area (Å²) in [5.41, 5.74) is 3.07. The third-order valence-electron chi connectivity index (χ3n) is 6.99. The molecule has 42 heavy (non-hydrogen) atoms. The molecule has 3 heterocycles. The zero-order valence-corrected chi connectivity index (χ0v) is 24.7. The molecule has 5 atom stereocenters.